The van der Waals surface area contributed by atoms with Crippen LogP contribution in [0, 0.1) is 5.41 Å². The molecule has 0 bridgehead atoms. The first-order chi connectivity index (χ1) is 10.7. The van der Waals surface area contributed by atoms with Crippen LogP contribution in [-0.2, 0) is 10.3 Å². The van der Waals surface area contributed by atoms with Crippen LogP contribution in [0.15, 0.2) is 36.7 Å². The van der Waals surface area contributed by atoms with Crippen molar-refractivity contribution in [3.05, 3.63) is 42.2 Å². The molecule has 0 radical (unpaired) electrons. The first-order valence-electron chi connectivity index (χ1n) is 7.46. The minimum atomic E-state index is -1.43. The summed E-state index contributed by atoms with van der Waals surface area (Å²) < 4.78 is 1.72. The molecule has 0 amide bonds. The van der Waals surface area contributed by atoms with E-state index in [1.807, 2.05) is 45.0 Å². The summed E-state index contributed by atoms with van der Waals surface area (Å²) in [5, 5.41) is 14.8. The molecule has 120 valence electrons. The summed E-state index contributed by atoms with van der Waals surface area (Å²) in [6.07, 6.45) is 1.83. The molecule has 6 nitrogen and oxygen atoms in total. The molecule has 0 aliphatic heterocycles. The van der Waals surface area contributed by atoms with Crippen LogP contribution in [0.4, 0.5) is 0 Å². The Morgan fingerprint density at radius 2 is 2.00 bits per heavy atom. The number of carboxylic acids is 1. The third-order valence-corrected chi connectivity index (χ3v) is 3.95. The second-order valence-electron chi connectivity index (χ2n) is 7.15. The van der Waals surface area contributed by atoms with Crippen LogP contribution in [0.25, 0.3) is 16.6 Å². The Kier molecular flexibility index (Phi) is 3.37. The minimum absolute atomic E-state index is 0.210. The van der Waals surface area contributed by atoms with Gasteiger partial charge >= 0.3 is 5.97 Å². The Morgan fingerprint density at radius 3 is 2.65 bits per heavy atom. The van der Waals surface area contributed by atoms with Gasteiger partial charge in [0.25, 0.3) is 0 Å². The Labute approximate surface area is 133 Å². The molecule has 3 N–H and O–H groups in total. The lowest BCUT2D eigenvalue weighted by Gasteiger charge is -2.32. The van der Waals surface area contributed by atoms with Crippen molar-refractivity contribution < 1.29 is 9.90 Å². The van der Waals surface area contributed by atoms with Gasteiger partial charge < -0.3 is 10.8 Å². The van der Waals surface area contributed by atoms with Crippen molar-refractivity contribution in [1.82, 2.24) is 14.6 Å². The van der Waals surface area contributed by atoms with Crippen molar-refractivity contribution in [2.24, 2.45) is 11.1 Å². The van der Waals surface area contributed by atoms with Crippen LogP contribution in [0.3, 0.4) is 0 Å². The smallest absolute Gasteiger partial charge is 0.328 e. The maximum atomic E-state index is 11.9. The van der Waals surface area contributed by atoms with Crippen LogP contribution >= 0.6 is 0 Å². The number of aliphatic carboxylic acids is 1. The SMILES string of the molecule is CC(C)(C)C[C@](N)(C(=O)O)c1ccc2c(ccc3ncnn32)c1. The number of aromatic nitrogens is 3. The lowest BCUT2D eigenvalue weighted by molar-refractivity contribution is -0.145. The van der Waals surface area contributed by atoms with Gasteiger partial charge in [-0.2, -0.15) is 5.10 Å². The van der Waals surface area contributed by atoms with Crippen molar-refractivity contribution in [3.8, 4) is 0 Å². The van der Waals surface area contributed by atoms with Crippen LogP contribution < -0.4 is 5.73 Å². The summed E-state index contributed by atoms with van der Waals surface area (Å²) in [6.45, 7) is 5.95. The maximum absolute atomic E-state index is 11.9. The minimum Gasteiger partial charge on any atom is -0.480 e. The largest absolute Gasteiger partial charge is 0.480 e. The maximum Gasteiger partial charge on any atom is 0.328 e. The van der Waals surface area contributed by atoms with Gasteiger partial charge in [0, 0.05) is 5.39 Å². The molecule has 1 atom stereocenters. The molecule has 0 saturated carbocycles. The fraction of sp³-hybridized carbons (Fsp3) is 0.353. The van der Waals surface area contributed by atoms with Crippen LogP contribution in [0.5, 0.6) is 0 Å². The summed E-state index contributed by atoms with van der Waals surface area (Å²) in [4.78, 5) is 16.0. The van der Waals surface area contributed by atoms with Crippen LogP contribution in [0.1, 0.15) is 32.8 Å². The van der Waals surface area contributed by atoms with Crippen molar-refractivity contribution in [2.75, 3.05) is 0 Å². The first-order valence-corrected chi connectivity index (χ1v) is 7.46. The van der Waals surface area contributed by atoms with E-state index in [1.165, 1.54) is 6.33 Å². The average Bonchev–Trinajstić information content (AvgIpc) is 2.93. The third-order valence-electron chi connectivity index (χ3n) is 3.95. The molecule has 0 saturated heterocycles. The number of fused-ring (bicyclic) bond motifs is 3. The normalized spacial score (nSPS) is 15.0. The standard InChI is InChI=1S/C17H20N4O2/c1-16(2,3)9-17(18,15(22)23)12-5-6-13-11(8-12)4-7-14-19-10-20-21(13)14/h4-8,10H,9,18H2,1-3H3,(H,22,23)/t17-/m1/s1. The highest BCUT2D eigenvalue weighted by molar-refractivity contribution is 5.86. The molecule has 2 aromatic heterocycles. The topological polar surface area (TPSA) is 93.5 Å². The zero-order chi connectivity index (χ0) is 16.8. The molecule has 2 heterocycles. The van der Waals surface area contributed by atoms with E-state index in [4.69, 9.17) is 5.73 Å². The molecule has 1 aromatic carbocycles. The number of hydrogen-bond acceptors (Lipinski definition) is 4. The molecular formula is C17H20N4O2. The van der Waals surface area contributed by atoms with E-state index in [0.717, 1.165) is 16.6 Å². The Balaban J connectivity index is 2.17. The lowest BCUT2D eigenvalue weighted by atomic mass is 9.76. The zero-order valence-electron chi connectivity index (χ0n) is 13.4. The van der Waals surface area contributed by atoms with Gasteiger partial charge in [-0.15, -0.1) is 0 Å². The highest BCUT2D eigenvalue weighted by Crippen LogP contribution is 2.34. The molecule has 0 unspecified atom stereocenters. The van der Waals surface area contributed by atoms with E-state index >= 15 is 0 Å². The Morgan fingerprint density at radius 1 is 1.26 bits per heavy atom. The number of hydrogen-bond donors (Lipinski definition) is 2. The molecule has 0 fully saturated rings. The van der Waals surface area contributed by atoms with Gasteiger partial charge in [0.15, 0.2) is 5.65 Å². The molecule has 3 rings (SSSR count). The fourth-order valence-electron chi connectivity index (χ4n) is 3.01. The Hall–Kier alpha value is -2.47. The second-order valence-corrected chi connectivity index (χ2v) is 7.15. The van der Waals surface area contributed by atoms with Gasteiger partial charge in [0.2, 0.25) is 0 Å². The lowest BCUT2D eigenvalue weighted by Crippen LogP contribution is -2.47. The molecule has 3 aromatic rings. The van der Waals surface area contributed by atoms with Gasteiger partial charge in [-0.1, -0.05) is 26.8 Å². The molecular weight excluding hydrogens is 292 g/mol. The van der Waals surface area contributed by atoms with E-state index in [-0.39, 0.29) is 5.41 Å². The highest BCUT2D eigenvalue weighted by atomic mass is 16.4. The van der Waals surface area contributed by atoms with Crippen molar-refractivity contribution in [2.45, 2.75) is 32.7 Å². The summed E-state index contributed by atoms with van der Waals surface area (Å²) >= 11 is 0. The van der Waals surface area contributed by atoms with Gasteiger partial charge in [0.1, 0.15) is 11.9 Å². The molecule has 6 heteroatoms. The van der Waals surface area contributed by atoms with Crippen LogP contribution in [0.2, 0.25) is 0 Å². The van der Waals surface area contributed by atoms with Crippen molar-refractivity contribution in [3.63, 3.8) is 0 Å². The monoisotopic (exact) mass is 312 g/mol. The first kappa shape index (κ1) is 15.4. The van der Waals surface area contributed by atoms with E-state index in [2.05, 4.69) is 10.1 Å². The number of benzene rings is 1. The predicted octanol–water partition coefficient (Wildman–Crippen LogP) is 2.56. The van der Waals surface area contributed by atoms with Crippen LogP contribution in [-0.4, -0.2) is 25.7 Å². The third kappa shape index (κ3) is 2.66. The van der Waals surface area contributed by atoms with E-state index in [9.17, 15) is 9.90 Å². The fourth-order valence-corrected chi connectivity index (χ4v) is 3.01. The summed E-state index contributed by atoms with van der Waals surface area (Å²) in [5.41, 5.74) is 6.87. The van der Waals surface area contributed by atoms with E-state index in [1.54, 1.807) is 10.6 Å². The van der Waals surface area contributed by atoms with Gasteiger partial charge in [-0.3, -0.25) is 0 Å². The molecule has 0 aliphatic rings. The number of rotatable bonds is 3. The average molecular weight is 312 g/mol. The highest BCUT2D eigenvalue weighted by Gasteiger charge is 2.39. The second kappa shape index (κ2) is 5.03. The number of nitrogens with two attached hydrogens (primary N) is 1. The number of carboxylic acid groups (broad SMARTS) is 1. The zero-order valence-corrected chi connectivity index (χ0v) is 13.4. The molecule has 23 heavy (non-hydrogen) atoms. The summed E-state index contributed by atoms with van der Waals surface area (Å²) in [7, 11) is 0. The number of carbonyl (C=O) groups is 1. The molecule has 0 spiro atoms. The van der Waals surface area contributed by atoms with E-state index in [0.29, 0.717) is 12.0 Å². The van der Waals surface area contributed by atoms with Crippen molar-refractivity contribution in [1.29, 1.82) is 0 Å². The van der Waals surface area contributed by atoms with Gasteiger partial charge in [0.05, 0.1) is 5.52 Å². The van der Waals surface area contributed by atoms with Gasteiger partial charge in [-0.25, -0.2) is 14.3 Å². The number of nitrogens with zero attached hydrogens (tertiary/aromatic N) is 3. The van der Waals surface area contributed by atoms with E-state index < -0.39 is 11.5 Å². The quantitative estimate of drug-likeness (QED) is 0.775. The molecule has 0 aliphatic carbocycles. The Bertz CT molecular complexity index is 894. The van der Waals surface area contributed by atoms with Crippen molar-refractivity contribution >= 4 is 22.5 Å². The number of pyridine rings is 1. The summed E-state index contributed by atoms with van der Waals surface area (Å²) in [5.74, 6) is -1.02. The predicted molar refractivity (Wildman–Crippen MR) is 88.1 cm³/mol. The van der Waals surface area contributed by atoms with Gasteiger partial charge in [-0.05, 0) is 41.7 Å². The summed E-state index contributed by atoms with van der Waals surface area (Å²) in [6, 6.07) is 9.20.